The van der Waals surface area contributed by atoms with Crippen molar-refractivity contribution in [3.05, 3.63) is 96.1 Å². The maximum atomic E-state index is 17.1. The topological polar surface area (TPSA) is 198 Å². The summed E-state index contributed by atoms with van der Waals surface area (Å²) in [6.45, 7) is 7.66. The Morgan fingerprint density at radius 2 is 1.42 bits per heavy atom. The van der Waals surface area contributed by atoms with Gasteiger partial charge in [-0.2, -0.15) is 0 Å². The molecule has 10 rings (SSSR count). The van der Waals surface area contributed by atoms with Crippen molar-refractivity contribution >= 4 is 34.9 Å². The zero-order chi connectivity index (χ0) is 51.9. The fourth-order valence-corrected chi connectivity index (χ4v) is 11.1. The van der Waals surface area contributed by atoms with Gasteiger partial charge in [-0.15, -0.1) is 0 Å². The highest BCUT2D eigenvalue weighted by Crippen LogP contribution is 2.48. The Morgan fingerprint density at radius 1 is 0.757 bits per heavy atom. The number of carbonyl (C=O) groups excluding carboxylic acids is 4. The van der Waals surface area contributed by atoms with E-state index in [2.05, 4.69) is 25.6 Å². The third-order valence-corrected chi connectivity index (χ3v) is 14.9. The molecule has 0 spiro atoms. The van der Waals surface area contributed by atoms with Gasteiger partial charge in [-0.05, 0) is 92.8 Å². The highest BCUT2D eigenvalue weighted by Gasteiger charge is 2.42. The Hall–Kier alpha value is -7.44. The third-order valence-electron chi connectivity index (χ3n) is 14.9. The number of alkyl halides is 1. The summed E-state index contributed by atoms with van der Waals surface area (Å²) in [5, 5.41) is 6.08. The molecule has 2 saturated heterocycles. The number of methoxy groups -OCH3 is 2. The molecular weight excluding hydrogens is 953 g/mol. The van der Waals surface area contributed by atoms with Crippen LogP contribution >= 0.6 is 0 Å². The number of H-pyrrole nitrogens is 2. The largest absolute Gasteiger partial charge is 0.490 e. The molecule has 4 amide bonds. The molecule has 1 aliphatic carbocycles. The number of hydrogen-bond donors (Lipinski definition) is 4. The van der Waals surface area contributed by atoms with Crippen molar-refractivity contribution in [1.82, 2.24) is 44.9 Å². The van der Waals surface area contributed by atoms with E-state index in [4.69, 9.17) is 23.9 Å². The molecule has 4 aliphatic rings. The van der Waals surface area contributed by atoms with Gasteiger partial charge in [0.2, 0.25) is 18.0 Å². The number of hydrogen-bond acceptors (Lipinski definition) is 10. The SMILES string of the molecule is COC(=O)N[C@@H](C(=O)N1CCC[C@H]1c1ncc(-c2cc(F)c3c(c2)OC(c2cccc(OC4CCCCC4)c2)n2c-3cc3cc(-c4cnc([C@@H]5C[C@@H](F)CN5C(=O)[C@H](NC(=O)OC)C(C)C)[nH]4)ccc32)[nH]1)C(C)C. The molecule has 0 radical (unpaired) electrons. The van der Waals surface area contributed by atoms with Crippen LogP contribution in [0.1, 0.15) is 115 Å². The zero-order valence-corrected chi connectivity index (χ0v) is 42.5. The molecule has 6 aromatic rings. The fraction of sp³-hybridized carbons (Fsp3) is 0.455. The minimum absolute atomic E-state index is 0.0338. The van der Waals surface area contributed by atoms with E-state index in [0.29, 0.717) is 53.0 Å². The van der Waals surface area contributed by atoms with Crippen LogP contribution in [0.2, 0.25) is 0 Å². The Bertz CT molecular complexity index is 3070. The van der Waals surface area contributed by atoms with Gasteiger partial charge in [-0.1, -0.05) is 52.3 Å². The van der Waals surface area contributed by atoms with Crippen molar-refractivity contribution in [2.45, 2.75) is 122 Å². The highest BCUT2D eigenvalue weighted by molar-refractivity contribution is 5.93. The van der Waals surface area contributed by atoms with E-state index in [1.54, 1.807) is 31.1 Å². The first-order valence-electron chi connectivity index (χ1n) is 25.7. The van der Waals surface area contributed by atoms with E-state index in [1.807, 2.05) is 73.0 Å². The average molecular weight is 1020 g/mol. The number of benzene rings is 3. The molecule has 3 fully saturated rings. The van der Waals surface area contributed by atoms with Crippen LogP contribution in [-0.4, -0.2) is 110 Å². The maximum absolute atomic E-state index is 17.1. The molecule has 3 aromatic heterocycles. The van der Waals surface area contributed by atoms with Crippen molar-refractivity contribution in [1.29, 1.82) is 0 Å². The lowest BCUT2D eigenvalue weighted by molar-refractivity contribution is -0.136. The first kappa shape index (κ1) is 50.1. The summed E-state index contributed by atoms with van der Waals surface area (Å²) in [6, 6.07) is 16.1. The predicted octanol–water partition coefficient (Wildman–Crippen LogP) is 9.91. The Balaban J connectivity index is 0.987. The number of nitrogens with one attached hydrogen (secondary N) is 4. The van der Waals surface area contributed by atoms with E-state index >= 15 is 8.78 Å². The van der Waals surface area contributed by atoms with Crippen molar-refractivity contribution in [2.24, 2.45) is 11.8 Å². The van der Waals surface area contributed by atoms with Crippen LogP contribution in [0.5, 0.6) is 11.5 Å². The fourth-order valence-electron chi connectivity index (χ4n) is 11.1. The van der Waals surface area contributed by atoms with Crippen molar-refractivity contribution in [3.63, 3.8) is 0 Å². The molecule has 19 heteroatoms. The van der Waals surface area contributed by atoms with Gasteiger partial charge in [0.15, 0.2) is 0 Å². The molecule has 17 nitrogen and oxygen atoms in total. The molecule has 3 aliphatic heterocycles. The van der Waals surface area contributed by atoms with Gasteiger partial charge in [0, 0.05) is 35.0 Å². The molecular formula is C55H63F2N9O8. The number of amides is 4. The number of imidazole rings is 2. The third kappa shape index (κ3) is 9.75. The quantitative estimate of drug-likeness (QED) is 0.0864. The van der Waals surface area contributed by atoms with Crippen molar-refractivity contribution < 1.29 is 46.9 Å². The van der Waals surface area contributed by atoms with E-state index < -0.39 is 54.4 Å². The second-order valence-electron chi connectivity index (χ2n) is 20.5. The van der Waals surface area contributed by atoms with Crippen LogP contribution in [0.3, 0.4) is 0 Å². The number of nitrogens with zero attached hydrogens (tertiary/aromatic N) is 5. The standard InChI is InChI=1S/C55H63F2N9O8/c1-29(2)47(62-54(69)71-5)51(67)64-19-11-16-42(64)49-58-27-40(61-49)33-22-38(57)46-43-23-34-20-31(39-26-59-50(60-39)44-25-35(56)28-65(44)52(68)48(30(3)4)63-55(70)72-6)17-18-41(34)66(43)53(74-45(46)24-33)32-12-10-15-37(21-32)73-36-13-8-7-9-14-36/h10,12,15,17-18,20-24,26-27,29-30,35-36,42,44,47-48,53H,7-9,11,13-14,16,19,25,28H2,1-6H3,(H,58,61)(H,59,60)(H,62,69)(H,63,70)/t35-,42+,44+,47-,48-,53?/m1/s1. The summed E-state index contributed by atoms with van der Waals surface area (Å²) in [4.78, 5) is 71.3. The molecule has 1 saturated carbocycles. The smallest absolute Gasteiger partial charge is 0.407 e. The molecule has 390 valence electrons. The highest BCUT2D eigenvalue weighted by atomic mass is 19.1. The molecule has 1 unspecified atom stereocenters. The van der Waals surface area contributed by atoms with Gasteiger partial charge < -0.3 is 53.9 Å². The van der Waals surface area contributed by atoms with Gasteiger partial charge in [-0.25, -0.2) is 28.3 Å². The van der Waals surface area contributed by atoms with Gasteiger partial charge >= 0.3 is 12.2 Å². The monoisotopic (exact) mass is 1020 g/mol. The number of aromatic amines is 2. The molecule has 0 bridgehead atoms. The average Bonchev–Trinajstić information content (AvgIpc) is 4.27. The number of alkyl carbamates (subject to hydrolysis) is 2. The Kier molecular flexibility index (Phi) is 14.1. The van der Waals surface area contributed by atoms with Gasteiger partial charge in [0.05, 0.1) is 79.5 Å². The van der Waals surface area contributed by atoms with E-state index in [0.717, 1.165) is 59.9 Å². The van der Waals surface area contributed by atoms with Crippen molar-refractivity contribution in [2.75, 3.05) is 27.3 Å². The van der Waals surface area contributed by atoms with Crippen LogP contribution in [0.25, 0.3) is 44.7 Å². The van der Waals surface area contributed by atoms with E-state index in [1.165, 1.54) is 31.6 Å². The second kappa shape index (κ2) is 20.8. The molecule has 6 atom stereocenters. The first-order chi connectivity index (χ1) is 35.7. The first-order valence-corrected chi connectivity index (χ1v) is 25.7. The molecule has 74 heavy (non-hydrogen) atoms. The normalized spacial score (nSPS) is 20.5. The van der Waals surface area contributed by atoms with Crippen LogP contribution in [0.4, 0.5) is 18.4 Å². The minimum Gasteiger partial charge on any atom is -0.490 e. The van der Waals surface area contributed by atoms with E-state index in [-0.39, 0.29) is 48.4 Å². The van der Waals surface area contributed by atoms with Crippen LogP contribution in [0.15, 0.2) is 73.1 Å². The summed E-state index contributed by atoms with van der Waals surface area (Å²) in [5.41, 5.74) is 4.88. The number of carbonyl (C=O) groups is 4. The lowest BCUT2D eigenvalue weighted by Crippen LogP contribution is -2.51. The lowest BCUT2D eigenvalue weighted by Gasteiger charge is -2.31. The van der Waals surface area contributed by atoms with Gasteiger partial charge in [-0.3, -0.25) is 9.59 Å². The van der Waals surface area contributed by atoms with Crippen LogP contribution < -0.4 is 20.1 Å². The number of ether oxygens (including phenoxy) is 4. The van der Waals surface area contributed by atoms with Crippen molar-refractivity contribution in [3.8, 4) is 45.3 Å². The summed E-state index contributed by atoms with van der Waals surface area (Å²) >= 11 is 0. The second-order valence-corrected chi connectivity index (χ2v) is 20.5. The molecule has 6 heterocycles. The number of halogens is 2. The number of aromatic nitrogens is 5. The van der Waals surface area contributed by atoms with Gasteiger partial charge in [0.25, 0.3) is 0 Å². The van der Waals surface area contributed by atoms with Crippen LogP contribution in [-0.2, 0) is 19.1 Å². The number of likely N-dealkylation sites (tertiary alicyclic amines) is 2. The zero-order valence-electron chi connectivity index (χ0n) is 42.5. The molecule has 3 aromatic carbocycles. The van der Waals surface area contributed by atoms with Crippen LogP contribution in [0, 0.1) is 17.7 Å². The summed E-state index contributed by atoms with van der Waals surface area (Å²) in [5.74, 6) is 0.343. The minimum atomic E-state index is -1.29. The number of rotatable bonds is 13. The summed E-state index contributed by atoms with van der Waals surface area (Å²) in [6.07, 6.45) is 6.78. The lowest BCUT2D eigenvalue weighted by atomic mass is 9.98. The number of fused-ring (bicyclic) bond motifs is 5. The predicted molar refractivity (Wildman–Crippen MR) is 271 cm³/mol. The summed E-state index contributed by atoms with van der Waals surface area (Å²) in [7, 11) is 2.48. The maximum Gasteiger partial charge on any atom is 0.407 e. The molecule has 4 N–H and O–H groups in total. The summed E-state index contributed by atoms with van der Waals surface area (Å²) < 4.78 is 57.3. The Labute approximate surface area is 427 Å². The van der Waals surface area contributed by atoms with E-state index in [9.17, 15) is 19.2 Å². The van der Waals surface area contributed by atoms with Gasteiger partial charge in [0.1, 0.15) is 47.2 Å². The Morgan fingerprint density at radius 3 is 2.09 bits per heavy atom.